The van der Waals surface area contributed by atoms with E-state index in [-0.39, 0.29) is 11.6 Å². The lowest BCUT2D eigenvalue weighted by atomic mass is 9.89. The van der Waals surface area contributed by atoms with Crippen molar-refractivity contribution in [2.45, 2.75) is 44.8 Å². The SMILES string of the molecule is CN(C)CCCN1CC(O)CCC1(C)C. The maximum atomic E-state index is 9.67. The molecule has 90 valence electrons. The van der Waals surface area contributed by atoms with Crippen molar-refractivity contribution in [3.8, 4) is 0 Å². The van der Waals surface area contributed by atoms with E-state index in [4.69, 9.17) is 0 Å². The van der Waals surface area contributed by atoms with Gasteiger partial charge in [0.05, 0.1) is 6.10 Å². The molecular formula is C12H26N2O. The standard InChI is InChI=1S/C12H26N2O/c1-12(2)7-6-11(15)10-14(12)9-5-8-13(3)4/h11,15H,5-10H2,1-4H3. The Balaban J connectivity index is 2.36. The topological polar surface area (TPSA) is 26.7 Å². The van der Waals surface area contributed by atoms with Crippen molar-refractivity contribution in [3.63, 3.8) is 0 Å². The van der Waals surface area contributed by atoms with Gasteiger partial charge in [0.1, 0.15) is 0 Å². The van der Waals surface area contributed by atoms with Crippen LogP contribution in [0.3, 0.4) is 0 Å². The minimum Gasteiger partial charge on any atom is -0.392 e. The molecule has 0 saturated carbocycles. The largest absolute Gasteiger partial charge is 0.392 e. The van der Waals surface area contributed by atoms with Gasteiger partial charge in [0.15, 0.2) is 0 Å². The highest BCUT2D eigenvalue weighted by Crippen LogP contribution is 2.27. The van der Waals surface area contributed by atoms with Crippen LogP contribution in [0.25, 0.3) is 0 Å². The fourth-order valence-electron chi connectivity index (χ4n) is 2.24. The molecule has 0 amide bonds. The summed E-state index contributed by atoms with van der Waals surface area (Å²) in [5.41, 5.74) is 0.269. The number of β-amino-alcohol motifs (C(OH)–C–C–N with tert-alkyl or cyclic N) is 1. The van der Waals surface area contributed by atoms with E-state index in [0.717, 1.165) is 32.5 Å². The zero-order valence-corrected chi connectivity index (χ0v) is 10.7. The average Bonchev–Trinajstić information content (AvgIpc) is 2.11. The summed E-state index contributed by atoms with van der Waals surface area (Å²) in [5, 5.41) is 9.67. The molecule has 1 rings (SSSR count). The molecule has 1 unspecified atom stereocenters. The first-order valence-corrected chi connectivity index (χ1v) is 5.99. The van der Waals surface area contributed by atoms with Gasteiger partial charge in [0.2, 0.25) is 0 Å². The van der Waals surface area contributed by atoms with E-state index in [1.807, 2.05) is 0 Å². The van der Waals surface area contributed by atoms with Gasteiger partial charge in [-0.25, -0.2) is 0 Å². The summed E-state index contributed by atoms with van der Waals surface area (Å²) in [6.45, 7) is 7.65. The number of nitrogens with zero attached hydrogens (tertiary/aromatic N) is 2. The molecule has 0 bridgehead atoms. The summed E-state index contributed by atoms with van der Waals surface area (Å²) in [7, 11) is 4.21. The number of rotatable bonds is 4. The van der Waals surface area contributed by atoms with Crippen LogP contribution in [0.15, 0.2) is 0 Å². The van der Waals surface area contributed by atoms with Crippen LogP contribution >= 0.6 is 0 Å². The quantitative estimate of drug-likeness (QED) is 0.761. The van der Waals surface area contributed by atoms with Crippen molar-refractivity contribution in [1.29, 1.82) is 0 Å². The summed E-state index contributed by atoms with van der Waals surface area (Å²) < 4.78 is 0. The summed E-state index contributed by atoms with van der Waals surface area (Å²) in [4.78, 5) is 4.65. The van der Waals surface area contributed by atoms with E-state index in [1.54, 1.807) is 0 Å². The van der Waals surface area contributed by atoms with E-state index in [2.05, 4.69) is 37.7 Å². The highest BCUT2D eigenvalue weighted by atomic mass is 16.3. The first-order valence-electron chi connectivity index (χ1n) is 5.99. The molecule has 0 spiro atoms. The molecule has 0 aromatic heterocycles. The molecule has 1 heterocycles. The molecule has 0 radical (unpaired) electrons. The van der Waals surface area contributed by atoms with Crippen LogP contribution in [-0.4, -0.2) is 60.3 Å². The first kappa shape index (κ1) is 12.9. The summed E-state index contributed by atoms with van der Waals surface area (Å²) in [5.74, 6) is 0. The van der Waals surface area contributed by atoms with E-state index < -0.39 is 0 Å². The zero-order valence-electron chi connectivity index (χ0n) is 10.7. The van der Waals surface area contributed by atoms with Crippen LogP contribution < -0.4 is 0 Å². The van der Waals surface area contributed by atoms with E-state index in [9.17, 15) is 5.11 Å². The number of piperidine rings is 1. The number of hydrogen-bond acceptors (Lipinski definition) is 3. The third-order valence-corrected chi connectivity index (χ3v) is 3.41. The van der Waals surface area contributed by atoms with Crippen LogP contribution in [0.2, 0.25) is 0 Å². The molecule has 1 N–H and O–H groups in total. The maximum absolute atomic E-state index is 9.67. The van der Waals surface area contributed by atoms with Crippen molar-refractivity contribution in [1.82, 2.24) is 9.80 Å². The molecule has 1 fully saturated rings. The van der Waals surface area contributed by atoms with Gasteiger partial charge in [-0.1, -0.05) is 0 Å². The van der Waals surface area contributed by atoms with Gasteiger partial charge in [0.25, 0.3) is 0 Å². The van der Waals surface area contributed by atoms with Crippen molar-refractivity contribution >= 4 is 0 Å². The van der Waals surface area contributed by atoms with Crippen LogP contribution in [0, 0.1) is 0 Å². The summed E-state index contributed by atoms with van der Waals surface area (Å²) in [6, 6.07) is 0. The molecule has 0 aliphatic carbocycles. The minimum atomic E-state index is -0.114. The third kappa shape index (κ3) is 4.09. The van der Waals surface area contributed by atoms with Crippen molar-refractivity contribution < 1.29 is 5.11 Å². The van der Waals surface area contributed by atoms with Crippen LogP contribution in [0.4, 0.5) is 0 Å². The predicted molar refractivity (Wildman–Crippen MR) is 64.1 cm³/mol. The molecule has 3 heteroatoms. The van der Waals surface area contributed by atoms with Crippen molar-refractivity contribution in [2.24, 2.45) is 0 Å². The van der Waals surface area contributed by atoms with Gasteiger partial charge in [-0.05, 0) is 60.3 Å². The Morgan fingerprint density at radius 1 is 1.40 bits per heavy atom. The number of aliphatic hydroxyl groups is 1. The number of likely N-dealkylation sites (tertiary alicyclic amines) is 1. The molecule has 1 saturated heterocycles. The maximum Gasteiger partial charge on any atom is 0.0668 e. The molecule has 1 atom stereocenters. The van der Waals surface area contributed by atoms with Gasteiger partial charge in [-0.15, -0.1) is 0 Å². The lowest BCUT2D eigenvalue weighted by molar-refractivity contribution is -0.00557. The summed E-state index contributed by atoms with van der Waals surface area (Å²) in [6.07, 6.45) is 3.13. The van der Waals surface area contributed by atoms with Gasteiger partial charge in [-0.3, -0.25) is 4.90 Å². The Hall–Kier alpha value is -0.120. The Bertz CT molecular complexity index is 192. The minimum absolute atomic E-state index is 0.114. The van der Waals surface area contributed by atoms with Gasteiger partial charge < -0.3 is 10.0 Å². The molecule has 0 aromatic rings. The fraction of sp³-hybridized carbons (Fsp3) is 1.00. The summed E-state index contributed by atoms with van der Waals surface area (Å²) >= 11 is 0. The second-order valence-electron chi connectivity index (χ2n) is 5.61. The van der Waals surface area contributed by atoms with Crippen LogP contribution in [0.1, 0.15) is 33.1 Å². The lowest BCUT2D eigenvalue weighted by Crippen LogP contribution is -2.52. The molecule has 0 aromatic carbocycles. The molecule has 1 aliphatic heterocycles. The fourth-order valence-corrected chi connectivity index (χ4v) is 2.24. The van der Waals surface area contributed by atoms with Crippen molar-refractivity contribution in [3.05, 3.63) is 0 Å². The third-order valence-electron chi connectivity index (χ3n) is 3.41. The Morgan fingerprint density at radius 3 is 2.67 bits per heavy atom. The Kier molecular flexibility index (Phi) is 4.56. The highest BCUT2D eigenvalue weighted by molar-refractivity contribution is 4.88. The average molecular weight is 214 g/mol. The normalized spacial score (nSPS) is 27.2. The predicted octanol–water partition coefficient (Wildman–Crippen LogP) is 1.17. The first-order chi connectivity index (χ1) is 6.92. The van der Waals surface area contributed by atoms with Gasteiger partial charge >= 0.3 is 0 Å². The van der Waals surface area contributed by atoms with E-state index >= 15 is 0 Å². The second-order valence-corrected chi connectivity index (χ2v) is 5.61. The number of hydrogen-bond donors (Lipinski definition) is 1. The lowest BCUT2D eigenvalue weighted by Gasteiger charge is -2.44. The van der Waals surface area contributed by atoms with Crippen LogP contribution in [0.5, 0.6) is 0 Å². The Labute approximate surface area is 94.1 Å². The second kappa shape index (κ2) is 5.28. The Morgan fingerprint density at radius 2 is 2.07 bits per heavy atom. The molecule has 3 nitrogen and oxygen atoms in total. The molecule has 15 heavy (non-hydrogen) atoms. The highest BCUT2D eigenvalue weighted by Gasteiger charge is 2.32. The van der Waals surface area contributed by atoms with E-state index in [0.29, 0.717) is 0 Å². The number of aliphatic hydroxyl groups excluding tert-OH is 1. The van der Waals surface area contributed by atoms with E-state index in [1.165, 1.54) is 6.42 Å². The zero-order chi connectivity index (χ0) is 11.5. The van der Waals surface area contributed by atoms with Crippen molar-refractivity contribution in [2.75, 3.05) is 33.7 Å². The van der Waals surface area contributed by atoms with Gasteiger partial charge in [-0.2, -0.15) is 0 Å². The smallest absolute Gasteiger partial charge is 0.0668 e. The van der Waals surface area contributed by atoms with Crippen LogP contribution in [-0.2, 0) is 0 Å². The molecular weight excluding hydrogens is 188 g/mol. The monoisotopic (exact) mass is 214 g/mol. The van der Waals surface area contributed by atoms with Gasteiger partial charge in [0, 0.05) is 12.1 Å². The molecule has 1 aliphatic rings.